The summed E-state index contributed by atoms with van der Waals surface area (Å²) < 4.78 is 6.55. The Balaban J connectivity index is 1.50. The van der Waals surface area contributed by atoms with Crippen molar-refractivity contribution in [1.82, 2.24) is 15.2 Å². The lowest BCUT2D eigenvalue weighted by Crippen LogP contribution is -2.46. The van der Waals surface area contributed by atoms with E-state index in [1.54, 1.807) is 12.3 Å². The molecule has 2 amide bonds. The molecule has 0 atom stereocenters. The second-order valence-corrected chi connectivity index (χ2v) is 7.87. The topological polar surface area (TPSA) is 64.8 Å². The van der Waals surface area contributed by atoms with Crippen molar-refractivity contribution < 1.29 is 9.21 Å². The number of nitrogens with one attached hydrogen (secondary N) is 1. The van der Waals surface area contributed by atoms with Gasteiger partial charge in [0.25, 0.3) is 0 Å². The number of pyridine rings is 1. The summed E-state index contributed by atoms with van der Waals surface area (Å²) in [5.41, 5.74) is 2.74. The number of fused-ring (bicyclic) bond motifs is 1. The van der Waals surface area contributed by atoms with Crippen molar-refractivity contribution in [3.63, 3.8) is 0 Å². The van der Waals surface area contributed by atoms with Crippen LogP contribution in [0.1, 0.15) is 18.2 Å². The number of amides is 2. The fraction of sp³-hybridized carbons (Fsp3) is 0.364. The Kier molecular flexibility index (Phi) is 6.15. The maximum absolute atomic E-state index is 12.4. The Morgan fingerprint density at radius 3 is 2.73 bits per heavy atom. The van der Waals surface area contributed by atoms with Crippen LogP contribution in [0.5, 0.6) is 0 Å². The number of hydrogen-bond acceptors (Lipinski definition) is 6. The minimum atomic E-state index is -0.315. The lowest BCUT2D eigenvalue weighted by Gasteiger charge is -2.35. The van der Waals surface area contributed by atoms with E-state index in [9.17, 15) is 4.79 Å². The SMILES string of the molecule is CCN1CCN(c2cc(C)c3cc(N(S)C(=O)NCc4ccco4)ccc3n2)CC1. The smallest absolute Gasteiger partial charge is 0.332 e. The summed E-state index contributed by atoms with van der Waals surface area (Å²) >= 11 is 4.38. The third kappa shape index (κ3) is 4.39. The minimum Gasteiger partial charge on any atom is -0.467 e. The van der Waals surface area contributed by atoms with Gasteiger partial charge in [-0.3, -0.25) is 0 Å². The van der Waals surface area contributed by atoms with E-state index in [-0.39, 0.29) is 6.03 Å². The third-order valence-corrected chi connectivity index (χ3v) is 5.97. The van der Waals surface area contributed by atoms with Gasteiger partial charge in [-0.25, -0.2) is 14.1 Å². The molecule has 0 saturated carbocycles. The van der Waals surface area contributed by atoms with Crippen molar-refractivity contribution in [3.8, 4) is 0 Å². The molecule has 1 aromatic carbocycles. The molecule has 0 spiro atoms. The molecule has 0 unspecified atom stereocenters. The van der Waals surface area contributed by atoms with E-state index < -0.39 is 0 Å². The van der Waals surface area contributed by atoms with Gasteiger partial charge < -0.3 is 19.5 Å². The van der Waals surface area contributed by atoms with Crippen LogP contribution in [0.25, 0.3) is 10.9 Å². The van der Waals surface area contributed by atoms with Gasteiger partial charge in [-0.15, -0.1) is 0 Å². The van der Waals surface area contributed by atoms with Gasteiger partial charge in [0.15, 0.2) is 0 Å². The molecular weight excluding hydrogens is 398 g/mol. The molecule has 1 fully saturated rings. The van der Waals surface area contributed by atoms with E-state index in [0.717, 1.165) is 55.0 Å². The Morgan fingerprint density at radius 2 is 2.03 bits per heavy atom. The van der Waals surface area contributed by atoms with Gasteiger partial charge in [-0.2, -0.15) is 0 Å². The zero-order valence-electron chi connectivity index (χ0n) is 17.3. The van der Waals surface area contributed by atoms with Crippen molar-refractivity contribution >= 4 is 41.3 Å². The molecule has 30 heavy (non-hydrogen) atoms. The van der Waals surface area contributed by atoms with Crippen LogP contribution in [0, 0.1) is 6.92 Å². The fourth-order valence-corrected chi connectivity index (χ4v) is 3.91. The van der Waals surface area contributed by atoms with Gasteiger partial charge in [0.05, 0.1) is 24.0 Å². The number of rotatable bonds is 5. The van der Waals surface area contributed by atoms with Crippen LogP contribution < -0.4 is 14.5 Å². The molecule has 8 heteroatoms. The number of piperazine rings is 1. The van der Waals surface area contributed by atoms with Crippen LogP contribution in [0.15, 0.2) is 47.1 Å². The first-order chi connectivity index (χ1) is 14.5. The highest BCUT2D eigenvalue weighted by atomic mass is 32.1. The van der Waals surface area contributed by atoms with Gasteiger partial charge in [0.2, 0.25) is 0 Å². The number of urea groups is 1. The van der Waals surface area contributed by atoms with E-state index in [4.69, 9.17) is 9.40 Å². The van der Waals surface area contributed by atoms with E-state index >= 15 is 0 Å². The molecule has 0 aliphatic carbocycles. The molecule has 1 aliphatic heterocycles. The summed E-state index contributed by atoms with van der Waals surface area (Å²) in [6, 6.07) is 11.2. The van der Waals surface area contributed by atoms with Crippen LogP contribution in [0.3, 0.4) is 0 Å². The van der Waals surface area contributed by atoms with E-state index in [1.165, 1.54) is 4.31 Å². The molecule has 1 N–H and O–H groups in total. The van der Waals surface area contributed by atoms with Crippen molar-refractivity contribution in [2.24, 2.45) is 0 Å². The molecular formula is C22H27N5O2S. The van der Waals surface area contributed by atoms with Crippen LogP contribution in [0.4, 0.5) is 16.3 Å². The van der Waals surface area contributed by atoms with E-state index in [2.05, 4.69) is 47.8 Å². The van der Waals surface area contributed by atoms with Crippen LogP contribution in [0.2, 0.25) is 0 Å². The zero-order valence-corrected chi connectivity index (χ0v) is 18.2. The van der Waals surface area contributed by atoms with Crippen molar-refractivity contribution in [2.45, 2.75) is 20.4 Å². The van der Waals surface area contributed by atoms with E-state index in [0.29, 0.717) is 18.0 Å². The van der Waals surface area contributed by atoms with Gasteiger partial charge in [0, 0.05) is 31.6 Å². The highest BCUT2D eigenvalue weighted by molar-refractivity contribution is 7.82. The number of thiol groups is 1. The summed E-state index contributed by atoms with van der Waals surface area (Å²) in [7, 11) is 0. The van der Waals surface area contributed by atoms with E-state index in [1.807, 2.05) is 24.3 Å². The maximum Gasteiger partial charge on any atom is 0.332 e. The first-order valence-electron chi connectivity index (χ1n) is 10.2. The summed E-state index contributed by atoms with van der Waals surface area (Å²) in [5.74, 6) is 1.71. The van der Waals surface area contributed by atoms with Gasteiger partial charge in [-0.1, -0.05) is 19.7 Å². The van der Waals surface area contributed by atoms with Gasteiger partial charge >= 0.3 is 6.03 Å². The second-order valence-electron chi connectivity index (χ2n) is 7.47. The molecule has 3 aromatic rings. The molecule has 2 aromatic heterocycles. The van der Waals surface area contributed by atoms with Crippen molar-refractivity contribution in [2.75, 3.05) is 41.9 Å². The summed E-state index contributed by atoms with van der Waals surface area (Å²) in [6.07, 6.45) is 1.58. The molecule has 4 rings (SSSR count). The Hall–Kier alpha value is -2.71. The molecule has 1 saturated heterocycles. The number of carbonyl (C=O) groups excluding carboxylic acids is 1. The largest absolute Gasteiger partial charge is 0.467 e. The Labute approximate surface area is 182 Å². The minimum absolute atomic E-state index is 0.311. The quantitative estimate of drug-likeness (QED) is 0.608. The number of hydrogen-bond donors (Lipinski definition) is 2. The predicted octanol–water partition coefficient (Wildman–Crippen LogP) is 3.84. The number of nitrogens with zero attached hydrogens (tertiary/aromatic N) is 4. The summed E-state index contributed by atoms with van der Waals surface area (Å²) in [4.78, 5) is 22.1. The number of aryl methyl sites for hydroxylation is 1. The molecule has 0 bridgehead atoms. The zero-order chi connectivity index (χ0) is 21.1. The standard InChI is InChI=1S/C22H27N5O2S/c1-3-25-8-10-26(11-9-25)21-13-16(2)19-14-17(6-7-20(19)24-21)27(30)22(28)23-15-18-5-4-12-29-18/h4-7,12-14,30H,3,8-11,15H2,1-2H3,(H,23,28). The Morgan fingerprint density at radius 1 is 1.23 bits per heavy atom. The maximum atomic E-state index is 12.4. The first kappa shape index (κ1) is 20.6. The molecule has 3 heterocycles. The summed E-state index contributed by atoms with van der Waals surface area (Å²) in [6.45, 7) is 9.80. The second kappa shape index (κ2) is 8.97. The fourth-order valence-electron chi connectivity index (χ4n) is 3.72. The average molecular weight is 426 g/mol. The predicted molar refractivity (Wildman–Crippen MR) is 123 cm³/mol. The average Bonchev–Trinajstić information content (AvgIpc) is 3.30. The molecule has 0 radical (unpaired) electrons. The Bertz CT molecular complexity index is 1020. The number of aromatic nitrogens is 1. The van der Waals surface area contributed by atoms with Crippen LogP contribution in [-0.2, 0) is 6.54 Å². The van der Waals surface area contributed by atoms with Gasteiger partial charge in [0.1, 0.15) is 11.6 Å². The number of carbonyl (C=O) groups is 1. The highest BCUT2D eigenvalue weighted by Gasteiger charge is 2.19. The lowest BCUT2D eigenvalue weighted by molar-refractivity contribution is 0.248. The third-order valence-electron chi connectivity index (χ3n) is 5.56. The molecule has 1 aliphatic rings. The van der Waals surface area contributed by atoms with Crippen LogP contribution in [-0.4, -0.2) is 48.6 Å². The monoisotopic (exact) mass is 425 g/mol. The number of likely N-dealkylation sites (N-methyl/N-ethyl adjacent to an activating group) is 1. The van der Waals surface area contributed by atoms with Crippen molar-refractivity contribution in [3.05, 3.63) is 54.0 Å². The lowest BCUT2D eigenvalue weighted by atomic mass is 10.1. The van der Waals surface area contributed by atoms with Crippen LogP contribution >= 0.6 is 12.8 Å². The molecule has 158 valence electrons. The number of furan rings is 1. The van der Waals surface area contributed by atoms with Crippen molar-refractivity contribution in [1.29, 1.82) is 0 Å². The molecule has 7 nitrogen and oxygen atoms in total. The first-order valence-corrected chi connectivity index (χ1v) is 10.6. The highest BCUT2D eigenvalue weighted by Crippen LogP contribution is 2.28. The number of anilines is 2. The normalized spacial score (nSPS) is 14.8. The summed E-state index contributed by atoms with van der Waals surface area (Å²) in [5, 5.41) is 3.81. The number of benzene rings is 1. The van der Waals surface area contributed by atoms with Gasteiger partial charge in [-0.05, 0) is 55.4 Å².